The van der Waals surface area contributed by atoms with Gasteiger partial charge in [-0.1, -0.05) is 26.8 Å². The normalized spacial score (nSPS) is 19.9. The molecule has 2 heteroatoms. The van der Waals surface area contributed by atoms with E-state index in [1.165, 1.54) is 24.1 Å². The Labute approximate surface area is 111 Å². The van der Waals surface area contributed by atoms with Crippen LogP contribution in [0.2, 0.25) is 0 Å². The summed E-state index contributed by atoms with van der Waals surface area (Å²) in [7, 11) is 0. The average molecular weight is 246 g/mol. The molecule has 0 radical (unpaired) electrons. The number of aryl methyl sites for hydroxylation is 1. The molecule has 0 amide bonds. The van der Waals surface area contributed by atoms with Crippen molar-refractivity contribution in [2.45, 2.75) is 65.5 Å². The van der Waals surface area contributed by atoms with E-state index >= 15 is 0 Å². The molecular weight excluding hydrogens is 220 g/mol. The lowest BCUT2D eigenvalue weighted by Crippen LogP contribution is -2.44. The Balaban J connectivity index is 2.07. The molecule has 0 saturated heterocycles. The summed E-state index contributed by atoms with van der Waals surface area (Å²) in [5.41, 5.74) is 3.19. The lowest BCUT2D eigenvalue weighted by molar-refractivity contribution is 0.221. The second-order valence-corrected chi connectivity index (χ2v) is 7.40. The maximum Gasteiger partial charge on any atom is 0.0605 e. The van der Waals surface area contributed by atoms with Crippen LogP contribution in [-0.4, -0.2) is 10.5 Å². The highest BCUT2D eigenvalue weighted by Gasteiger charge is 2.31. The van der Waals surface area contributed by atoms with Gasteiger partial charge in [0.25, 0.3) is 0 Å². The second kappa shape index (κ2) is 4.65. The lowest BCUT2D eigenvalue weighted by atomic mass is 9.81. The van der Waals surface area contributed by atoms with Crippen molar-refractivity contribution in [2.75, 3.05) is 0 Å². The maximum atomic E-state index is 4.56. The fourth-order valence-electron chi connectivity index (χ4n) is 3.40. The third kappa shape index (κ3) is 3.32. The molecule has 1 aliphatic carbocycles. The molecule has 1 aromatic heterocycles. The third-order valence-electron chi connectivity index (χ3n) is 3.50. The zero-order chi connectivity index (χ0) is 13.4. The summed E-state index contributed by atoms with van der Waals surface area (Å²) in [5.74, 6) is 0. The molecular formula is C16H26N2. The van der Waals surface area contributed by atoms with Gasteiger partial charge in [-0.25, -0.2) is 0 Å². The van der Waals surface area contributed by atoms with Crippen LogP contribution in [0.4, 0.5) is 0 Å². The van der Waals surface area contributed by atoms with Crippen molar-refractivity contribution in [3.63, 3.8) is 0 Å². The number of aromatic nitrogens is 1. The summed E-state index contributed by atoms with van der Waals surface area (Å²) in [6, 6.07) is 4.68. The first-order valence-corrected chi connectivity index (χ1v) is 6.98. The molecule has 1 aliphatic rings. The van der Waals surface area contributed by atoms with E-state index in [4.69, 9.17) is 0 Å². The monoisotopic (exact) mass is 246 g/mol. The average Bonchev–Trinajstić information content (AvgIpc) is 2.57. The number of hydrogen-bond donors (Lipinski definition) is 1. The second-order valence-electron chi connectivity index (χ2n) is 7.40. The molecule has 2 nitrogen and oxygen atoms in total. The first kappa shape index (κ1) is 13.5. The van der Waals surface area contributed by atoms with Crippen molar-refractivity contribution >= 4 is 0 Å². The Morgan fingerprint density at radius 1 is 1.28 bits per heavy atom. The van der Waals surface area contributed by atoms with Crippen LogP contribution in [0.25, 0.3) is 0 Å². The Morgan fingerprint density at radius 3 is 2.67 bits per heavy atom. The molecule has 0 fully saturated rings. The van der Waals surface area contributed by atoms with Crippen LogP contribution in [-0.2, 0) is 6.42 Å². The third-order valence-corrected chi connectivity index (χ3v) is 3.50. The number of fused-ring (bicyclic) bond motifs is 1. The van der Waals surface area contributed by atoms with Crippen molar-refractivity contribution in [1.82, 2.24) is 10.3 Å². The van der Waals surface area contributed by atoms with Crippen molar-refractivity contribution < 1.29 is 0 Å². The molecule has 1 heterocycles. The molecule has 1 N–H and O–H groups in total. The fraction of sp³-hybridized carbons (Fsp3) is 0.688. The van der Waals surface area contributed by atoms with Crippen LogP contribution in [0.3, 0.4) is 0 Å². The summed E-state index contributed by atoms with van der Waals surface area (Å²) in [6.45, 7) is 11.5. The molecule has 2 rings (SSSR count). The topological polar surface area (TPSA) is 24.9 Å². The highest BCUT2D eigenvalue weighted by molar-refractivity contribution is 5.28. The number of pyridine rings is 1. The molecule has 0 aromatic carbocycles. The van der Waals surface area contributed by atoms with Crippen molar-refractivity contribution in [1.29, 1.82) is 0 Å². The molecule has 0 bridgehead atoms. The molecule has 0 aliphatic heterocycles. The van der Waals surface area contributed by atoms with Gasteiger partial charge in [-0.3, -0.25) is 4.98 Å². The van der Waals surface area contributed by atoms with E-state index < -0.39 is 0 Å². The Bertz CT molecular complexity index is 415. The predicted octanol–water partition coefficient (Wildman–Crippen LogP) is 3.87. The van der Waals surface area contributed by atoms with Gasteiger partial charge >= 0.3 is 0 Å². The number of rotatable bonds is 3. The van der Waals surface area contributed by atoms with Gasteiger partial charge < -0.3 is 5.32 Å². The standard InChI is InChI=1S/C16H26N2/c1-15(2,3)11-16(4,5)18-13-9-8-12-7-6-10-17-14(12)13/h6-7,10,13,18H,8-9,11H2,1-5H3. The fourth-order valence-corrected chi connectivity index (χ4v) is 3.40. The van der Waals surface area contributed by atoms with E-state index in [9.17, 15) is 0 Å². The minimum Gasteiger partial charge on any atom is -0.304 e. The van der Waals surface area contributed by atoms with Crippen LogP contribution in [0.15, 0.2) is 18.3 Å². The van der Waals surface area contributed by atoms with E-state index in [0.29, 0.717) is 11.5 Å². The van der Waals surface area contributed by atoms with Gasteiger partial charge in [0, 0.05) is 11.7 Å². The van der Waals surface area contributed by atoms with Crippen LogP contribution in [0.5, 0.6) is 0 Å². The predicted molar refractivity (Wildman–Crippen MR) is 76.6 cm³/mol. The zero-order valence-corrected chi connectivity index (χ0v) is 12.4. The van der Waals surface area contributed by atoms with E-state index in [-0.39, 0.29) is 5.54 Å². The first-order valence-electron chi connectivity index (χ1n) is 6.98. The van der Waals surface area contributed by atoms with Crippen LogP contribution >= 0.6 is 0 Å². The maximum absolute atomic E-state index is 4.56. The van der Waals surface area contributed by atoms with Crippen molar-refractivity contribution in [3.8, 4) is 0 Å². The van der Waals surface area contributed by atoms with E-state index in [2.05, 4.69) is 51.0 Å². The van der Waals surface area contributed by atoms with Gasteiger partial charge in [0.05, 0.1) is 11.7 Å². The SMILES string of the molecule is CC(C)(C)CC(C)(C)NC1CCc2cccnc21. The highest BCUT2D eigenvalue weighted by atomic mass is 15.0. The molecule has 100 valence electrons. The minimum absolute atomic E-state index is 0.155. The summed E-state index contributed by atoms with van der Waals surface area (Å²) < 4.78 is 0. The summed E-state index contributed by atoms with van der Waals surface area (Å²) in [4.78, 5) is 4.56. The van der Waals surface area contributed by atoms with E-state index in [1.54, 1.807) is 0 Å². The lowest BCUT2D eigenvalue weighted by Gasteiger charge is -2.36. The quantitative estimate of drug-likeness (QED) is 0.875. The summed E-state index contributed by atoms with van der Waals surface area (Å²) in [6.07, 6.45) is 5.42. The number of nitrogens with one attached hydrogen (secondary N) is 1. The van der Waals surface area contributed by atoms with Gasteiger partial charge in [0.1, 0.15) is 0 Å². The Hall–Kier alpha value is -0.890. The zero-order valence-electron chi connectivity index (χ0n) is 12.4. The molecule has 18 heavy (non-hydrogen) atoms. The van der Waals surface area contributed by atoms with E-state index in [1.807, 2.05) is 12.3 Å². The summed E-state index contributed by atoms with van der Waals surface area (Å²) in [5, 5.41) is 3.81. The molecule has 0 spiro atoms. The Morgan fingerprint density at radius 2 is 2.00 bits per heavy atom. The van der Waals surface area contributed by atoms with Gasteiger partial charge in [-0.2, -0.15) is 0 Å². The minimum atomic E-state index is 0.155. The van der Waals surface area contributed by atoms with E-state index in [0.717, 1.165) is 6.42 Å². The number of hydrogen-bond acceptors (Lipinski definition) is 2. The largest absolute Gasteiger partial charge is 0.304 e. The summed E-state index contributed by atoms with van der Waals surface area (Å²) >= 11 is 0. The van der Waals surface area contributed by atoms with Gasteiger partial charge in [-0.15, -0.1) is 0 Å². The Kier molecular flexibility index (Phi) is 3.50. The van der Waals surface area contributed by atoms with Crippen LogP contribution in [0.1, 0.15) is 64.8 Å². The van der Waals surface area contributed by atoms with Crippen LogP contribution in [0, 0.1) is 5.41 Å². The van der Waals surface area contributed by atoms with Gasteiger partial charge in [0.15, 0.2) is 0 Å². The molecule has 1 atom stereocenters. The molecule has 0 saturated carbocycles. The van der Waals surface area contributed by atoms with Gasteiger partial charge in [-0.05, 0) is 50.2 Å². The molecule has 1 aromatic rings. The smallest absolute Gasteiger partial charge is 0.0605 e. The van der Waals surface area contributed by atoms with Crippen molar-refractivity contribution in [3.05, 3.63) is 29.6 Å². The first-order chi connectivity index (χ1) is 8.27. The van der Waals surface area contributed by atoms with Gasteiger partial charge in [0.2, 0.25) is 0 Å². The molecule has 1 unspecified atom stereocenters. The van der Waals surface area contributed by atoms with Crippen LogP contribution < -0.4 is 5.32 Å². The highest BCUT2D eigenvalue weighted by Crippen LogP contribution is 2.34. The van der Waals surface area contributed by atoms with Crippen molar-refractivity contribution in [2.24, 2.45) is 5.41 Å². The number of nitrogens with zero attached hydrogens (tertiary/aromatic N) is 1.